The molecule has 0 aliphatic heterocycles. The topological polar surface area (TPSA) is 69.6 Å². The van der Waals surface area contributed by atoms with Crippen molar-refractivity contribution >= 4 is 24.2 Å². The Hall–Kier alpha value is -1.85. The summed E-state index contributed by atoms with van der Waals surface area (Å²) in [4.78, 5) is 12.1. The maximum Gasteiger partial charge on any atom is 0.488 e. The van der Waals surface area contributed by atoms with Crippen molar-refractivity contribution in [3.05, 3.63) is 48.6 Å². The Morgan fingerprint density at radius 2 is 1.25 bits per heavy atom. The van der Waals surface area contributed by atoms with Crippen LogP contribution < -0.4 is 10.8 Å². The molecule has 0 saturated carbocycles. The monoisotopic (exact) mass is 497 g/mol. The van der Waals surface area contributed by atoms with Gasteiger partial charge in [0, 0.05) is 12.1 Å². The molecule has 0 atom stereocenters. The summed E-state index contributed by atoms with van der Waals surface area (Å²) in [7, 11) is -1.52. The fourth-order valence-electron chi connectivity index (χ4n) is 4.35. The Balaban J connectivity index is 1.86. The van der Waals surface area contributed by atoms with Crippen LogP contribution in [0.3, 0.4) is 0 Å². The maximum absolute atomic E-state index is 12.1. The lowest BCUT2D eigenvalue weighted by Crippen LogP contribution is -2.30. The number of hydrogen-bond acceptors (Lipinski definition) is 3. The fourth-order valence-corrected chi connectivity index (χ4v) is 4.35. The highest BCUT2D eigenvalue weighted by Gasteiger charge is 2.11. The summed E-state index contributed by atoms with van der Waals surface area (Å²) in [5.41, 5.74) is 0.982. The second-order valence-electron chi connectivity index (χ2n) is 10.0. The third-order valence-electron chi connectivity index (χ3n) is 6.60. The molecule has 1 aromatic rings. The summed E-state index contributed by atoms with van der Waals surface area (Å²) >= 11 is 0. The third kappa shape index (κ3) is 19.4. The van der Waals surface area contributed by atoms with E-state index in [9.17, 15) is 14.8 Å². The minimum Gasteiger partial charge on any atom is -0.423 e. The number of nitrogens with one attached hydrogen (secondary N) is 1. The average Bonchev–Trinajstić information content (AvgIpc) is 2.87. The Morgan fingerprint density at radius 1 is 0.750 bits per heavy atom. The number of allylic oxidation sites excluding steroid dienone is 4. The second kappa shape index (κ2) is 23.5. The molecule has 3 N–H and O–H groups in total. The molecular formula is C31H52BNO3. The first-order chi connectivity index (χ1) is 17.6. The number of unbranched alkanes of at least 4 members (excludes halogenated alkanes) is 16. The molecule has 0 heterocycles. The molecule has 1 rings (SSSR count). The van der Waals surface area contributed by atoms with Gasteiger partial charge in [0.15, 0.2) is 0 Å². The molecule has 1 amide bonds. The third-order valence-corrected chi connectivity index (χ3v) is 6.60. The van der Waals surface area contributed by atoms with Crippen LogP contribution in [0, 0.1) is 0 Å². The first kappa shape index (κ1) is 32.2. The predicted octanol–water partition coefficient (Wildman–Crippen LogP) is 7.85. The molecule has 0 aliphatic rings. The Kier molecular flexibility index (Phi) is 21.1. The normalized spacial score (nSPS) is 11.5. The second-order valence-corrected chi connectivity index (χ2v) is 10.0. The highest BCUT2D eigenvalue weighted by atomic mass is 16.4. The van der Waals surface area contributed by atoms with Crippen molar-refractivity contribution in [3.8, 4) is 0 Å². The van der Waals surface area contributed by atoms with Crippen molar-refractivity contribution in [2.45, 2.75) is 129 Å². The summed E-state index contributed by atoms with van der Waals surface area (Å²) < 4.78 is 0. The van der Waals surface area contributed by atoms with Gasteiger partial charge in [-0.15, -0.1) is 0 Å². The molecule has 0 saturated heterocycles. The summed E-state index contributed by atoms with van der Waals surface area (Å²) in [6, 6.07) is 6.67. The predicted molar refractivity (Wildman–Crippen MR) is 157 cm³/mol. The number of carbonyl (C=O) groups excluding carboxylic acids is 1. The van der Waals surface area contributed by atoms with Crippen LogP contribution >= 0.6 is 0 Å². The van der Waals surface area contributed by atoms with Crippen LogP contribution in [0.1, 0.15) is 129 Å². The van der Waals surface area contributed by atoms with Crippen LogP contribution in [0.25, 0.3) is 0 Å². The van der Waals surface area contributed by atoms with Crippen molar-refractivity contribution < 1.29 is 14.8 Å². The molecule has 0 unspecified atom stereocenters. The molecule has 0 aromatic heterocycles. The smallest absolute Gasteiger partial charge is 0.423 e. The number of carbonyl (C=O) groups is 1. The van der Waals surface area contributed by atoms with Gasteiger partial charge in [0.1, 0.15) is 0 Å². The molecule has 0 spiro atoms. The van der Waals surface area contributed by atoms with E-state index in [1.165, 1.54) is 96.3 Å². The van der Waals surface area contributed by atoms with E-state index < -0.39 is 7.12 Å². The highest BCUT2D eigenvalue weighted by molar-refractivity contribution is 6.58. The van der Waals surface area contributed by atoms with E-state index in [0.717, 1.165) is 19.3 Å². The summed E-state index contributed by atoms with van der Waals surface area (Å²) in [5, 5.41) is 21.3. The summed E-state index contributed by atoms with van der Waals surface area (Å²) in [6.07, 6.45) is 32.6. The van der Waals surface area contributed by atoms with Crippen molar-refractivity contribution in [2.75, 3.05) is 5.32 Å². The van der Waals surface area contributed by atoms with E-state index in [2.05, 4.69) is 36.5 Å². The average molecular weight is 498 g/mol. The molecule has 1 aromatic carbocycles. The first-order valence-electron chi connectivity index (χ1n) is 14.7. The van der Waals surface area contributed by atoms with Crippen LogP contribution in [0.4, 0.5) is 5.69 Å². The molecule has 0 fully saturated rings. The van der Waals surface area contributed by atoms with Crippen molar-refractivity contribution in [3.63, 3.8) is 0 Å². The van der Waals surface area contributed by atoms with Crippen LogP contribution in [-0.2, 0) is 4.79 Å². The lowest BCUT2D eigenvalue weighted by Gasteiger charge is -2.07. The van der Waals surface area contributed by atoms with E-state index in [1.54, 1.807) is 24.3 Å². The summed E-state index contributed by atoms with van der Waals surface area (Å²) in [5.74, 6) is -0.0223. The van der Waals surface area contributed by atoms with Gasteiger partial charge in [-0.3, -0.25) is 4.79 Å². The lowest BCUT2D eigenvalue weighted by molar-refractivity contribution is -0.116. The molecule has 5 heteroatoms. The van der Waals surface area contributed by atoms with Gasteiger partial charge in [0.25, 0.3) is 0 Å². The van der Waals surface area contributed by atoms with Crippen molar-refractivity contribution in [1.29, 1.82) is 0 Å². The van der Waals surface area contributed by atoms with Crippen LogP contribution in [0.2, 0.25) is 0 Å². The Morgan fingerprint density at radius 3 is 1.78 bits per heavy atom. The number of rotatable bonds is 23. The molecule has 0 radical (unpaired) electrons. The SMILES string of the molecule is CCCCCCCCCCCC/C=C/C=C/CCCCCCCCC(=O)Nc1cccc(B(O)O)c1. The van der Waals surface area contributed by atoms with Crippen molar-refractivity contribution in [2.24, 2.45) is 0 Å². The molecule has 0 aliphatic carbocycles. The lowest BCUT2D eigenvalue weighted by atomic mass is 9.80. The van der Waals surface area contributed by atoms with E-state index >= 15 is 0 Å². The number of anilines is 1. The molecule has 0 bridgehead atoms. The number of hydrogen-bond donors (Lipinski definition) is 3. The van der Waals surface area contributed by atoms with E-state index in [1.807, 2.05) is 0 Å². The van der Waals surface area contributed by atoms with Crippen molar-refractivity contribution in [1.82, 2.24) is 0 Å². The van der Waals surface area contributed by atoms with Gasteiger partial charge in [-0.05, 0) is 49.7 Å². The minimum absolute atomic E-state index is 0.0223. The Bertz CT molecular complexity index is 718. The zero-order chi connectivity index (χ0) is 26.1. The van der Waals surface area contributed by atoms with Crippen LogP contribution in [0.5, 0.6) is 0 Å². The summed E-state index contributed by atoms with van der Waals surface area (Å²) in [6.45, 7) is 2.28. The van der Waals surface area contributed by atoms with Gasteiger partial charge >= 0.3 is 7.12 Å². The van der Waals surface area contributed by atoms with Gasteiger partial charge in [0.2, 0.25) is 5.91 Å². The van der Waals surface area contributed by atoms with Gasteiger partial charge < -0.3 is 15.4 Å². The molecular weight excluding hydrogens is 445 g/mol. The maximum atomic E-state index is 12.1. The highest BCUT2D eigenvalue weighted by Crippen LogP contribution is 2.12. The van der Waals surface area contributed by atoms with Gasteiger partial charge in [-0.1, -0.05) is 127 Å². The van der Waals surface area contributed by atoms with Gasteiger partial charge in [0.05, 0.1) is 0 Å². The first-order valence-corrected chi connectivity index (χ1v) is 14.7. The minimum atomic E-state index is -1.52. The Labute approximate surface area is 221 Å². The number of amides is 1. The van der Waals surface area contributed by atoms with Gasteiger partial charge in [-0.25, -0.2) is 0 Å². The van der Waals surface area contributed by atoms with Crippen LogP contribution in [-0.4, -0.2) is 23.1 Å². The fraction of sp³-hybridized carbons (Fsp3) is 0.645. The zero-order valence-corrected chi connectivity index (χ0v) is 22.9. The molecule has 202 valence electrons. The van der Waals surface area contributed by atoms with Gasteiger partial charge in [-0.2, -0.15) is 0 Å². The van der Waals surface area contributed by atoms with Crippen LogP contribution in [0.15, 0.2) is 48.6 Å². The zero-order valence-electron chi connectivity index (χ0n) is 22.9. The van der Waals surface area contributed by atoms with E-state index in [4.69, 9.17) is 0 Å². The standard InChI is InChI=1S/C31H52BNO3/c1-2-3-4-5-6-7-8-9-10-11-12-13-14-15-16-17-18-19-20-21-22-23-27-31(34)33-30-26-24-25-29(28-30)32(35)36/h13-16,24-26,28,35-36H,2-12,17-23,27H2,1H3,(H,33,34)/b14-13+,16-15+. The van der Waals surface area contributed by atoms with E-state index in [0.29, 0.717) is 17.6 Å². The van der Waals surface area contributed by atoms with E-state index in [-0.39, 0.29) is 5.91 Å². The largest absolute Gasteiger partial charge is 0.488 e. The molecule has 36 heavy (non-hydrogen) atoms. The molecule has 4 nitrogen and oxygen atoms in total. The quantitative estimate of drug-likeness (QED) is 0.0819. The number of benzene rings is 1.